The number of hydrogen-bond donors (Lipinski definition) is 2. The number of rotatable bonds is 5. The van der Waals surface area contributed by atoms with Crippen LogP contribution in [0.25, 0.3) is 10.9 Å². The highest BCUT2D eigenvalue weighted by Crippen LogP contribution is 2.29. The van der Waals surface area contributed by atoms with Gasteiger partial charge in [0.1, 0.15) is 11.5 Å². The molecule has 0 radical (unpaired) electrons. The van der Waals surface area contributed by atoms with E-state index in [4.69, 9.17) is 4.74 Å². The van der Waals surface area contributed by atoms with Crippen LogP contribution in [0, 0.1) is 5.82 Å². The predicted molar refractivity (Wildman–Crippen MR) is 97.7 cm³/mol. The molecule has 3 rings (SSSR count). The number of likely N-dealkylation sites (tertiary alicyclic amines) is 1. The molecule has 0 saturated carbocycles. The lowest BCUT2D eigenvalue weighted by Crippen LogP contribution is -2.44. The Hall–Kier alpha value is -2.41. The number of halogens is 1. The van der Waals surface area contributed by atoms with Gasteiger partial charge in [0, 0.05) is 10.9 Å². The fourth-order valence-corrected chi connectivity index (χ4v) is 3.35. The summed E-state index contributed by atoms with van der Waals surface area (Å²) in [4.78, 5) is 30.1. The lowest BCUT2D eigenvalue weighted by atomic mass is 10.1. The standard InChI is InChI=1S/C19H24FN3O3/c1-3-26-19(25)17-16(14-11-13(20)7-8-15(14)21-17)22-18(24)12(2)23-9-5-4-6-10-23/h7-8,11-12,21H,3-6,9-10H2,1-2H3,(H,22,24)/t12-/m0/s1. The van der Waals surface area contributed by atoms with Crippen LogP contribution in [0.4, 0.5) is 10.1 Å². The second-order valence-corrected chi connectivity index (χ2v) is 6.55. The molecule has 2 heterocycles. The summed E-state index contributed by atoms with van der Waals surface area (Å²) < 4.78 is 18.8. The zero-order chi connectivity index (χ0) is 18.7. The second-order valence-electron chi connectivity index (χ2n) is 6.55. The average molecular weight is 361 g/mol. The first-order chi connectivity index (χ1) is 12.5. The maximum absolute atomic E-state index is 13.7. The lowest BCUT2D eigenvalue weighted by molar-refractivity contribution is -0.121. The summed E-state index contributed by atoms with van der Waals surface area (Å²) in [6, 6.07) is 3.81. The molecule has 2 aromatic rings. The molecule has 140 valence electrons. The Bertz CT molecular complexity index is 812. The molecule has 0 bridgehead atoms. The molecule has 1 aromatic carbocycles. The normalized spacial score (nSPS) is 16.4. The van der Waals surface area contributed by atoms with Gasteiger partial charge in [-0.3, -0.25) is 9.69 Å². The second kappa shape index (κ2) is 7.86. The summed E-state index contributed by atoms with van der Waals surface area (Å²) in [6.07, 6.45) is 3.33. The zero-order valence-corrected chi connectivity index (χ0v) is 15.1. The number of anilines is 1. The van der Waals surface area contributed by atoms with E-state index in [1.165, 1.54) is 24.6 Å². The summed E-state index contributed by atoms with van der Waals surface area (Å²) in [6.45, 7) is 5.51. The van der Waals surface area contributed by atoms with Gasteiger partial charge in [-0.1, -0.05) is 6.42 Å². The number of fused-ring (bicyclic) bond motifs is 1. The van der Waals surface area contributed by atoms with E-state index in [9.17, 15) is 14.0 Å². The van der Waals surface area contributed by atoms with Crippen LogP contribution >= 0.6 is 0 Å². The van der Waals surface area contributed by atoms with E-state index in [1.54, 1.807) is 6.92 Å². The number of nitrogens with one attached hydrogen (secondary N) is 2. The summed E-state index contributed by atoms with van der Waals surface area (Å²) in [5, 5.41) is 3.27. The number of benzene rings is 1. The Morgan fingerprint density at radius 3 is 2.73 bits per heavy atom. The van der Waals surface area contributed by atoms with Crippen LogP contribution in [0.15, 0.2) is 18.2 Å². The molecular formula is C19H24FN3O3. The minimum absolute atomic E-state index is 0.131. The van der Waals surface area contributed by atoms with E-state index in [2.05, 4.69) is 15.2 Å². The van der Waals surface area contributed by atoms with Crippen molar-refractivity contribution in [3.05, 3.63) is 29.7 Å². The lowest BCUT2D eigenvalue weighted by Gasteiger charge is -2.31. The minimum Gasteiger partial charge on any atom is -0.461 e. The third-order valence-electron chi connectivity index (χ3n) is 4.81. The first kappa shape index (κ1) is 18.4. The van der Waals surface area contributed by atoms with Crippen molar-refractivity contribution < 1.29 is 18.7 Å². The quantitative estimate of drug-likeness (QED) is 0.802. The van der Waals surface area contributed by atoms with Gasteiger partial charge in [0.05, 0.1) is 18.3 Å². The van der Waals surface area contributed by atoms with E-state index in [0.717, 1.165) is 25.9 Å². The highest BCUT2D eigenvalue weighted by atomic mass is 19.1. The van der Waals surface area contributed by atoms with Gasteiger partial charge < -0.3 is 15.0 Å². The Morgan fingerprint density at radius 2 is 2.04 bits per heavy atom. The fourth-order valence-electron chi connectivity index (χ4n) is 3.35. The van der Waals surface area contributed by atoms with Crippen LogP contribution in [-0.2, 0) is 9.53 Å². The highest BCUT2D eigenvalue weighted by Gasteiger charge is 2.26. The van der Waals surface area contributed by atoms with Crippen molar-refractivity contribution in [2.24, 2.45) is 0 Å². The molecule has 0 aliphatic carbocycles. The van der Waals surface area contributed by atoms with Crippen molar-refractivity contribution in [2.45, 2.75) is 39.2 Å². The number of esters is 1. The molecule has 1 aliphatic heterocycles. The van der Waals surface area contributed by atoms with E-state index >= 15 is 0 Å². The number of amides is 1. The van der Waals surface area contributed by atoms with Crippen LogP contribution in [-0.4, -0.2) is 47.5 Å². The van der Waals surface area contributed by atoms with Gasteiger partial charge in [-0.15, -0.1) is 0 Å². The van der Waals surface area contributed by atoms with Gasteiger partial charge in [-0.25, -0.2) is 9.18 Å². The van der Waals surface area contributed by atoms with Crippen molar-refractivity contribution in [1.82, 2.24) is 9.88 Å². The van der Waals surface area contributed by atoms with Crippen molar-refractivity contribution in [3.8, 4) is 0 Å². The first-order valence-corrected chi connectivity index (χ1v) is 9.04. The molecule has 1 atom stereocenters. The SMILES string of the molecule is CCOC(=O)c1[nH]c2ccc(F)cc2c1NC(=O)[C@H](C)N1CCCCC1. The molecule has 1 saturated heterocycles. The van der Waals surface area contributed by atoms with Crippen molar-refractivity contribution in [2.75, 3.05) is 25.0 Å². The molecule has 1 fully saturated rings. The number of aromatic nitrogens is 1. The Balaban J connectivity index is 1.91. The Morgan fingerprint density at radius 1 is 1.31 bits per heavy atom. The third-order valence-corrected chi connectivity index (χ3v) is 4.81. The summed E-state index contributed by atoms with van der Waals surface area (Å²) in [5.41, 5.74) is 0.967. The topological polar surface area (TPSA) is 74.4 Å². The van der Waals surface area contributed by atoms with E-state index in [0.29, 0.717) is 10.9 Å². The summed E-state index contributed by atoms with van der Waals surface area (Å²) >= 11 is 0. The number of piperidine rings is 1. The zero-order valence-electron chi connectivity index (χ0n) is 15.1. The maximum atomic E-state index is 13.7. The number of aromatic amines is 1. The first-order valence-electron chi connectivity index (χ1n) is 9.04. The van der Waals surface area contributed by atoms with Crippen molar-refractivity contribution in [1.29, 1.82) is 0 Å². The third kappa shape index (κ3) is 3.72. The Labute approximate surface area is 151 Å². The number of H-pyrrole nitrogens is 1. The molecular weight excluding hydrogens is 337 g/mol. The summed E-state index contributed by atoms with van der Waals surface area (Å²) in [7, 11) is 0. The predicted octanol–water partition coefficient (Wildman–Crippen LogP) is 3.30. The average Bonchev–Trinajstić information content (AvgIpc) is 3.00. The molecule has 0 spiro atoms. The molecule has 1 amide bonds. The van der Waals surface area contributed by atoms with Gasteiger partial charge in [-0.05, 0) is 58.0 Å². The van der Waals surface area contributed by atoms with Gasteiger partial charge >= 0.3 is 5.97 Å². The van der Waals surface area contributed by atoms with Crippen LogP contribution in [0.2, 0.25) is 0 Å². The van der Waals surface area contributed by atoms with Crippen LogP contribution in [0.3, 0.4) is 0 Å². The minimum atomic E-state index is -0.579. The van der Waals surface area contributed by atoms with Crippen LogP contribution in [0.1, 0.15) is 43.6 Å². The summed E-state index contributed by atoms with van der Waals surface area (Å²) in [5.74, 6) is -1.24. The fraction of sp³-hybridized carbons (Fsp3) is 0.474. The molecule has 1 aromatic heterocycles. The van der Waals surface area contributed by atoms with Gasteiger partial charge in [-0.2, -0.15) is 0 Å². The monoisotopic (exact) mass is 361 g/mol. The van der Waals surface area contributed by atoms with Gasteiger partial charge in [0.15, 0.2) is 0 Å². The van der Waals surface area contributed by atoms with E-state index in [-0.39, 0.29) is 29.9 Å². The van der Waals surface area contributed by atoms with E-state index in [1.807, 2.05) is 6.92 Å². The number of ether oxygens (including phenoxy) is 1. The van der Waals surface area contributed by atoms with Gasteiger partial charge in [0.2, 0.25) is 5.91 Å². The largest absolute Gasteiger partial charge is 0.461 e. The molecule has 6 nitrogen and oxygen atoms in total. The smallest absolute Gasteiger partial charge is 0.356 e. The molecule has 0 unspecified atom stereocenters. The number of carbonyl (C=O) groups is 2. The van der Waals surface area contributed by atoms with E-state index < -0.39 is 11.8 Å². The Kier molecular flexibility index (Phi) is 5.56. The number of hydrogen-bond acceptors (Lipinski definition) is 4. The van der Waals surface area contributed by atoms with Crippen LogP contribution in [0.5, 0.6) is 0 Å². The van der Waals surface area contributed by atoms with Crippen molar-refractivity contribution >= 4 is 28.5 Å². The maximum Gasteiger partial charge on any atom is 0.356 e. The number of nitrogens with zero attached hydrogens (tertiary/aromatic N) is 1. The van der Waals surface area contributed by atoms with Crippen LogP contribution < -0.4 is 5.32 Å². The molecule has 1 aliphatic rings. The molecule has 2 N–H and O–H groups in total. The highest BCUT2D eigenvalue weighted by molar-refractivity contribution is 6.11. The van der Waals surface area contributed by atoms with Crippen molar-refractivity contribution in [3.63, 3.8) is 0 Å². The molecule has 26 heavy (non-hydrogen) atoms. The number of carbonyl (C=O) groups excluding carboxylic acids is 2. The van der Waals surface area contributed by atoms with Gasteiger partial charge in [0.25, 0.3) is 0 Å². The molecule has 7 heteroatoms.